The number of anilines is 2. The molecule has 6 heteroatoms. The summed E-state index contributed by atoms with van der Waals surface area (Å²) in [7, 11) is 0. The largest absolute Gasteiger partial charge is 0.367 e. The van der Waals surface area contributed by atoms with Crippen molar-refractivity contribution in [3.05, 3.63) is 35.2 Å². The first-order chi connectivity index (χ1) is 14.3. The van der Waals surface area contributed by atoms with Crippen LogP contribution in [-0.2, 0) is 18.4 Å². The number of pyridine rings is 1. The number of hydrogen-bond acceptors (Lipinski definition) is 4. The summed E-state index contributed by atoms with van der Waals surface area (Å²) in [5.41, 5.74) is 2.71. The minimum atomic E-state index is -0.192. The zero-order chi connectivity index (χ0) is 21.3. The summed E-state index contributed by atoms with van der Waals surface area (Å²) in [5, 5.41) is 11.5. The van der Waals surface area contributed by atoms with Crippen LogP contribution in [0.5, 0.6) is 0 Å². The van der Waals surface area contributed by atoms with Gasteiger partial charge < -0.3 is 10.6 Å². The minimum absolute atomic E-state index is 0.126. The van der Waals surface area contributed by atoms with Crippen LogP contribution < -0.4 is 10.6 Å². The first-order valence-corrected chi connectivity index (χ1v) is 11.5. The van der Waals surface area contributed by atoms with Gasteiger partial charge in [-0.15, -0.1) is 0 Å². The zero-order valence-electron chi connectivity index (χ0n) is 18.8. The van der Waals surface area contributed by atoms with Gasteiger partial charge in [0.1, 0.15) is 11.6 Å². The molecule has 30 heavy (non-hydrogen) atoms. The third-order valence-electron chi connectivity index (χ3n) is 6.49. The fourth-order valence-electron chi connectivity index (χ4n) is 4.68. The van der Waals surface area contributed by atoms with Crippen LogP contribution in [0.2, 0.25) is 0 Å². The molecule has 162 valence electrons. The molecule has 0 aliphatic heterocycles. The number of aromatic nitrogens is 3. The van der Waals surface area contributed by atoms with Gasteiger partial charge in [-0.1, -0.05) is 19.8 Å². The summed E-state index contributed by atoms with van der Waals surface area (Å²) in [6.07, 6.45) is 11.0. The molecular weight excluding hydrogens is 374 g/mol. The van der Waals surface area contributed by atoms with E-state index in [-0.39, 0.29) is 11.4 Å². The van der Waals surface area contributed by atoms with Crippen LogP contribution in [0.4, 0.5) is 11.6 Å². The molecule has 1 fully saturated rings. The molecule has 4 rings (SSSR count). The van der Waals surface area contributed by atoms with Crippen molar-refractivity contribution in [2.45, 2.75) is 90.6 Å². The molecule has 2 aromatic heterocycles. The standard InChI is InChI=1S/C24H35N5O/c1-16-9-5-7-11-19(16)26-21-14-13-17(15-25-21)23(30)27-22-18-10-6-8-12-20(18)28-29(22)24(2,3)4/h13-16,19H,5-12H2,1-4H3,(H,25,26)(H,27,30)/t16-,19+/m1/s1. The van der Waals surface area contributed by atoms with E-state index in [1.807, 2.05) is 16.8 Å². The molecule has 1 saturated carbocycles. The maximum atomic E-state index is 13.0. The summed E-state index contributed by atoms with van der Waals surface area (Å²) in [6, 6.07) is 4.26. The highest BCUT2D eigenvalue weighted by Crippen LogP contribution is 2.32. The van der Waals surface area contributed by atoms with E-state index in [1.165, 1.54) is 37.7 Å². The number of rotatable bonds is 4. The van der Waals surface area contributed by atoms with E-state index in [2.05, 4.69) is 43.3 Å². The zero-order valence-corrected chi connectivity index (χ0v) is 18.8. The van der Waals surface area contributed by atoms with E-state index in [1.54, 1.807) is 6.20 Å². The lowest BCUT2D eigenvalue weighted by atomic mass is 9.86. The molecule has 1 amide bonds. The third-order valence-corrected chi connectivity index (χ3v) is 6.49. The minimum Gasteiger partial charge on any atom is -0.367 e. The summed E-state index contributed by atoms with van der Waals surface area (Å²) in [6.45, 7) is 8.66. The Bertz CT molecular complexity index is 894. The summed E-state index contributed by atoms with van der Waals surface area (Å²) < 4.78 is 1.98. The third kappa shape index (κ3) is 4.37. The van der Waals surface area contributed by atoms with Gasteiger partial charge in [-0.05, 0) is 77.3 Å². The fourth-order valence-corrected chi connectivity index (χ4v) is 4.68. The van der Waals surface area contributed by atoms with Gasteiger partial charge in [0.2, 0.25) is 0 Å². The average Bonchev–Trinajstić information content (AvgIpc) is 3.09. The molecule has 2 aromatic rings. The number of hydrogen-bond donors (Lipinski definition) is 2. The first kappa shape index (κ1) is 20.9. The topological polar surface area (TPSA) is 71.8 Å². The Balaban J connectivity index is 1.50. The molecular formula is C24H35N5O. The Morgan fingerprint density at radius 1 is 1.10 bits per heavy atom. The van der Waals surface area contributed by atoms with Crippen LogP contribution in [0.1, 0.15) is 87.8 Å². The smallest absolute Gasteiger partial charge is 0.258 e. The number of carbonyl (C=O) groups is 1. The normalized spacial score (nSPS) is 21.7. The lowest BCUT2D eigenvalue weighted by Gasteiger charge is -2.29. The Kier molecular flexibility index (Phi) is 5.85. The van der Waals surface area contributed by atoms with E-state index in [9.17, 15) is 4.79 Å². The monoisotopic (exact) mass is 409 g/mol. The van der Waals surface area contributed by atoms with Crippen LogP contribution in [-0.4, -0.2) is 26.7 Å². The SMILES string of the molecule is C[C@@H]1CCCC[C@@H]1Nc1ccc(C(=O)Nc2c3c(nn2C(C)(C)C)CCCC3)cn1. The molecule has 2 atom stereocenters. The van der Waals surface area contributed by atoms with Crippen molar-refractivity contribution in [2.75, 3.05) is 10.6 Å². The maximum absolute atomic E-state index is 13.0. The molecule has 2 heterocycles. The van der Waals surface area contributed by atoms with Gasteiger partial charge in [-0.2, -0.15) is 5.10 Å². The number of carbonyl (C=O) groups excluding carboxylic acids is 1. The van der Waals surface area contributed by atoms with Crippen LogP contribution in [0, 0.1) is 5.92 Å². The predicted molar refractivity (Wildman–Crippen MR) is 121 cm³/mol. The second-order valence-electron chi connectivity index (χ2n) is 9.96. The fraction of sp³-hybridized carbons (Fsp3) is 0.625. The van der Waals surface area contributed by atoms with Crippen LogP contribution >= 0.6 is 0 Å². The Hall–Kier alpha value is -2.37. The molecule has 0 bridgehead atoms. The number of aryl methyl sites for hydroxylation is 1. The Morgan fingerprint density at radius 3 is 2.57 bits per heavy atom. The summed E-state index contributed by atoms with van der Waals surface area (Å²) in [5.74, 6) is 2.23. The molecule has 2 aliphatic carbocycles. The van der Waals surface area contributed by atoms with Gasteiger partial charge in [0.15, 0.2) is 0 Å². The highest BCUT2D eigenvalue weighted by Gasteiger charge is 2.28. The van der Waals surface area contributed by atoms with Crippen molar-refractivity contribution in [2.24, 2.45) is 5.92 Å². The average molecular weight is 410 g/mol. The molecule has 0 unspecified atom stereocenters. The number of fused-ring (bicyclic) bond motifs is 1. The van der Waals surface area contributed by atoms with Crippen molar-refractivity contribution in [1.29, 1.82) is 0 Å². The number of nitrogens with one attached hydrogen (secondary N) is 2. The van der Waals surface area contributed by atoms with E-state index < -0.39 is 0 Å². The van der Waals surface area contributed by atoms with Crippen LogP contribution in [0.25, 0.3) is 0 Å². The molecule has 0 spiro atoms. The van der Waals surface area contributed by atoms with E-state index in [0.29, 0.717) is 17.5 Å². The van der Waals surface area contributed by atoms with E-state index in [4.69, 9.17) is 5.10 Å². The second kappa shape index (κ2) is 8.40. The van der Waals surface area contributed by atoms with E-state index >= 15 is 0 Å². The summed E-state index contributed by atoms with van der Waals surface area (Å²) in [4.78, 5) is 17.5. The van der Waals surface area contributed by atoms with Crippen LogP contribution in [0.3, 0.4) is 0 Å². The lowest BCUT2D eigenvalue weighted by Crippen LogP contribution is -2.30. The lowest BCUT2D eigenvalue weighted by molar-refractivity contribution is 0.102. The highest BCUT2D eigenvalue weighted by atomic mass is 16.1. The Morgan fingerprint density at radius 2 is 1.87 bits per heavy atom. The van der Waals surface area contributed by atoms with Gasteiger partial charge in [0.25, 0.3) is 5.91 Å². The van der Waals surface area contributed by atoms with Crippen molar-refractivity contribution in [3.8, 4) is 0 Å². The van der Waals surface area contributed by atoms with Gasteiger partial charge >= 0.3 is 0 Å². The molecule has 2 N–H and O–H groups in total. The summed E-state index contributed by atoms with van der Waals surface area (Å²) >= 11 is 0. The van der Waals surface area contributed by atoms with Gasteiger partial charge in [-0.25, -0.2) is 9.67 Å². The molecule has 0 aromatic carbocycles. The predicted octanol–water partition coefficient (Wildman–Crippen LogP) is 5.15. The van der Waals surface area contributed by atoms with Crippen molar-refractivity contribution in [3.63, 3.8) is 0 Å². The van der Waals surface area contributed by atoms with Crippen LogP contribution in [0.15, 0.2) is 18.3 Å². The van der Waals surface area contributed by atoms with E-state index in [0.717, 1.165) is 36.6 Å². The molecule has 0 saturated heterocycles. The first-order valence-electron chi connectivity index (χ1n) is 11.5. The maximum Gasteiger partial charge on any atom is 0.258 e. The quantitative estimate of drug-likeness (QED) is 0.732. The van der Waals surface area contributed by atoms with Gasteiger partial charge in [0.05, 0.1) is 16.8 Å². The second-order valence-corrected chi connectivity index (χ2v) is 9.96. The Labute approximate surface area is 179 Å². The van der Waals surface area contributed by atoms with Gasteiger partial charge in [0, 0.05) is 17.8 Å². The highest BCUT2D eigenvalue weighted by molar-refractivity contribution is 6.04. The molecule has 0 radical (unpaired) electrons. The van der Waals surface area contributed by atoms with Crippen molar-refractivity contribution >= 4 is 17.5 Å². The molecule has 6 nitrogen and oxygen atoms in total. The molecule has 2 aliphatic rings. The van der Waals surface area contributed by atoms with Gasteiger partial charge in [-0.3, -0.25) is 4.79 Å². The van der Waals surface area contributed by atoms with Crippen molar-refractivity contribution < 1.29 is 4.79 Å². The van der Waals surface area contributed by atoms with Crippen molar-refractivity contribution in [1.82, 2.24) is 14.8 Å². The number of amides is 1. The number of nitrogens with zero attached hydrogens (tertiary/aromatic N) is 3.